The number of carboxylic acid groups (broad SMARTS) is 1. The minimum Gasteiger partial charge on any atom is -0.494 e. The van der Waals surface area contributed by atoms with Crippen LogP contribution in [0.1, 0.15) is 23.3 Å². The normalized spacial score (nSPS) is 10.6. The third-order valence-electron chi connectivity index (χ3n) is 2.85. The Morgan fingerprint density at radius 2 is 2.18 bits per heavy atom. The molecule has 118 valence electrons. The van der Waals surface area contributed by atoms with Crippen molar-refractivity contribution in [2.75, 3.05) is 6.61 Å². The van der Waals surface area contributed by atoms with Crippen molar-refractivity contribution < 1.29 is 19.7 Å². The fourth-order valence-electron chi connectivity index (χ4n) is 1.83. The Morgan fingerprint density at radius 1 is 1.41 bits per heavy atom. The van der Waals surface area contributed by atoms with Crippen molar-refractivity contribution in [2.24, 2.45) is 0 Å². The minimum atomic E-state index is -0.865. The van der Waals surface area contributed by atoms with E-state index < -0.39 is 5.97 Å². The van der Waals surface area contributed by atoms with Gasteiger partial charge in [-0.05, 0) is 24.1 Å². The van der Waals surface area contributed by atoms with Crippen LogP contribution in [0, 0.1) is 0 Å². The van der Waals surface area contributed by atoms with Crippen molar-refractivity contribution >= 4 is 28.9 Å². The number of halogens is 1. The molecule has 0 aliphatic rings. The summed E-state index contributed by atoms with van der Waals surface area (Å²) in [5, 5.41) is 18.5. The van der Waals surface area contributed by atoms with Crippen LogP contribution in [-0.4, -0.2) is 27.8 Å². The predicted octanol–water partition coefficient (Wildman–Crippen LogP) is 2.63. The van der Waals surface area contributed by atoms with Gasteiger partial charge in [0.15, 0.2) is 0 Å². The molecule has 2 rings (SSSR count). The number of benzene rings is 1. The molecule has 0 atom stereocenters. The molecule has 0 aliphatic heterocycles. The van der Waals surface area contributed by atoms with E-state index in [-0.39, 0.29) is 23.8 Å². The number of thiazole rings is 1. The Morgan fingerprint density at radius 3 is 2.77 bits per heavy atom. The van der Waals surface area contributed by atoms with Gasteiger partial charge in [0.05, 0.1) is 16.5 Å². The molecule has 1 heterocycles. The second-order valence-electron chi connectivity index (χ2n) is 4.57. The molecule has 0 spiro atoms. The van der Waals surface area contributed by atoms with E-state index in [1.54, 1.807) is 18.2 Å². The highest BCUT2D eigenvalue weighted by Gasteiger charge is 2.10. The quantitative estimate of drug-likeness (QED) is 0.671. The van der Waals surface area contributed by atoms with Gasteiger partial charge in [-0.2, -0.15) is 0 Å². The van der Waals surface area contributed by atoms with E-state index in [0.29, 0.717) is 28.5 Å². The topological polar surface area (TPSA) is 99.6 Å². The summed E-state index contributed by atoms with van der Waals surface area (Å²) in [6.45, 7) is 0.269. The van der Waals surface area contributed by atoms with Gasteiger partial charge in [0.25, 0.3) is 0 Å². The van der Waals surface area contributed by atoms with E-state index in [0.717, 1.165) is 16.9 Å². The zero-order valence-corrected chi connectivity index (χ0v) is 13.0. The van der Waals surface area contributed by atoms with Crippen LogP contribution in [-0.2, 0) is 11.2 Å². The molecule has 22 heavy (non-hydrogen) atoms. The third-order valence-corrected chi connectivity index (χ3v) is 4.02. The Kier molecular flexibility index (Phi) is 5.46. The first-order chi connectivity index (χ1) is 10.5. The molecule has 0 fully saturated rings. The maximum atomic E-state index is 11.1. The first-order valence-electron chi connectivity index (χ1n) is 6.49. The fraction of sp³-hybridized carbons (Fsp3) is 0.286. The van der Waals surface area contributed by atoms with Crippen LogP contribution in [0.2, 0.25) is 5.02 Å². The van der Waals surface area contributed by atoms with Crippen molar-refractivity contribution in [1.29, 1.82) is 0 Å². The highest BCUT2D eigenvalue weighted by Crippen LogP contribution is 2.28. The van der Waals surface area contributed by atoms with Gasteiger partial charge >= 0.3 is 10.8 Å². The highest BCUT2D eigenvalue weighted by molar-refractivity contribution is 7.09. The molecule has 0 saturated heterocycles. The molecule has 6 nitrogen and oxygen atoms in total. The van der Waals surface area contributed by atoms with Gasteiger partial charge in [-0.1, -0.05) is 29.0 Å². The Labute approximate surface area is 135 Å². The summed E-state index contributed by atoms with van der Waals surface area (Å²) < 4.78 is 5.42. The highest BCUT2D eigenvalue weighted by atomic mass is 35.5. The van der Waals surface area contributed by atoms with Crippen molar-refractivity contribution in [3.63, 3.8) is 0 Å². The molecule has 1 aromatic carbocycles. The number of carbonyl (C=O) groups is 1. The number of aromatic hydroxyl groups is 1. The smallest absolute Gasteiger partial charge is 0.307 e. The van der Waals surface area contributed by atoms with Crippen molar-refractivity contribution in [2.45, 2.75) is 19.3 Å². The van der Waals surface area contributed by atoms with Gasteiger partial charge in [0, 0.05) is 12.8 Å². The lowest BCUT2D eigenvalue weighted by molar-refractivity contribution is -0.137. The van der Waals surface area contributed by atoms with Crippen LogP contribution in [0.25, 0.3) is 0 Å². The van der Waals surface area contributed by atoms with Gasteiger partial charge in [-0.25, -0.2) is 0 Å². The predicted molar refractivity (Wildman–Crippen MR) is 83.2 cm³/mol. The number of carboxylic acids is 1. The van der Waals surface area contributed by atoms with Gasteiger partial charge < -0.3 is 14.9 Å². The molecule has 0 amide bonds. The number of rotatable bonds is 7. The molecule has 0 bridgehead atoms. The Hall–Kier alpha value is -1.99. The van der Waals surface area contributed by atoms with Gasteiger partial charge in [0.2, 0.25) is 5.88 Å². The van der Waals surface area contributed by atoms with Gasteiger partial charge in [-0.3, -0.25) is 14.6 Å². The summed E-state index contributed by atoms with van der Waals surface area (Å²) in [6, 6.07) is 5.16. The molecular formula is C14H14ClNO5S. The maximum absolute atomic E-state index is 11.1. The zero-order chi connectivity index (χ0) is 16.1. The van der Waals surface area contributed by atoms with E-state index in [1.807, 2.05) is 0 Å². The summed E-state index contributed by atoms with van der Waals surface area (Å²) in [5.74, 6) is -0.516. The fourth-order valence-corrected chi connectivity index (χ4v) is 2.85. The first-order valence-corrected chi connectivity index (χ1v) is 7.69. The SMILES string of the molecule is O=C(O)CCCOc1ccc(Cc2sc(=O)[nH]c2O)cc1Cl. The average Bonchev–Trinajstić information content (AvgIpc) is 2.74. The number of H-pyrrole nitrogens is 1. The molecule has 8 heteroatoms. The van der Waals surface area contributed by atoms with Crippen LogP contribution < -0.4 is 9.61 Å². The number of aliphatic carboxylic acids is 1. The van der Waals surface area contributed by atoms with Crippen molar-refractivity contribution in [3.8, 4) is 11.6 Å². The summed E-state index contributed by atoms with van der Waals surface area (Å²) in [4.78, 5) is 24.1. The molecule has 3 N–H and O–H groups in total. The van der Waals surface area contributed by atoms with Crippen molar-refractivity contribution in [3.05, 3.63) is 43.3 Å². The second kappa shape index (κ2) is 7.33. The number of hydrogen-bond acceptors (Lipinski definition) is 5. The zero-order valence-electron chi connectivity index (χ0n) is 11.5. The molecule has 2 aromatic rings. The van der Waals surface area contributed by atoms with Crippen molar-refractivity contribution in [1.82, 2.24) is 4.98 Å². The van der Waals surface area contributed by atoms with Gasteiger partial charge in [-0.15, -0.1) is 0 Å². The summed E-state index contributed by atoms with van der Waals surface area (Å²) >= 11 is 7.06. The number of hydrogen-bond donors (Lipinski definition) is 3. The maximum Gasteiger partial charge on any atom is 0.307 e. The summed E-state index contributed by atoms with van der Waals surface area (Å²) in [5.41, 5.74) is 0.827. The summed E-state index contributed by atoms with van der Waals surface area (Å²) in [7, 11) is 0. The molecule has 0 unspecified atom stereocenters. The number of nitrogens with one attached hydrogen (secondary N) is 1. The largest absolute Gasteiger partial charge is 0.494 e. The number of aromatic amines is 1. The minimum absolute atomic E-state index is 0.0430. The summed E-state index contributed by atoms with van der Waals surface area (Å²) in [6.07, 6.45) is 0.828. The lowest BCUT2D eigenvalue weighted by Gasteiger charge is -2.09. The second-order valence-corrected chi connectivity index (χ2v) is 6.05. The van der Waals surface area contributed by atoms with E-state index in [4.69, 9.17) is 21.4 Å². The lowest BCUT2D eigenvalue weighted by atomic mass is 10.1. The first kappa shape index (κ1) is 16.4. The monoisotopic (exact) mass is 343 g/mol. The molecular weight excluding hydrogens is 330 g/mol. The Balaban J connectivity index is 1.98. The van der Waals surface area contributed by atoms with Gasteiger partial charge in [0.1, 0.15) is 5.75 Å². The van der Waals surface area contributed by atoms with Crippen LogP contribution in [0.15, 0.2) is 23.0 Å². The Bertz CT molecular complexity index is 724. The molecule has 1 aromatic heterocycles. The number of aromatic nitrogens is 1. The van der Waals surface area contributed by atoms with E-state index in [9.17, 15) is 14.7 Å². The van der Waals surface area contributed by atoms with Crippen LogP contribution in [0.3, 0.4) is 0 Å². The number of ether oxygens (including phenoxy) is 1. The van der Waals surface area contributed by atoms with E-state index in [2.05, 4.69) is 4.98 Å². The third kappa shape index (κ3) is 4.51. The molecule has 0 saturated carbocycles. The van der Waals surface area contributed by atoms with Crippen LogP contribution in [0.4, 0.5) is 0 Å². The van der Waals surface area contributed by atoms with E-state index in [1.165, 1.54) is 0 Å². The lowest BCUT2D eigenvalue weighted by Crippen LogP contribution is -2.02. The molecule has 0 radical (unpaired) electrons. The van der Waals surface area contributed by atoms with Crippen LogP contribution >= 0.6 is 22.9 Å². The molecule has 0 aliphatic carbocycles. The van der Waals surface area contributed by atoms with Crippen LogP contribution in [0.5, 0.6) is 11.6 Å². The standard InChI is InChI=1S/C14H14ClNO5S/c15-9-6-8(7-11-13(19)16-14(20)22-11)3-4-10(9)21-5-1-2-12(17)18/h3-4,6,19H,1-2,5,7H2,(H,16,20)(H,17,18). The average molecular weight is 344 g/mol. The van der Waals surface area contributed by atoms with E-state index >= 15 is 0 Å².